The number of carbonyl (C=O) groups is 1. The maximum atomic E-state index is 12.8. The van der Waals surface area contributed by atoms with Crippen LogP contribution in [-0.2, 0) is 20.9 Å². The number of aromatic nitrogens is 1. The van der Waals surface area contributed by atoms with Gasteiger partial charge >= 0.3 is 0 Å². The summed E-state index contributed by atoms with van der Waals surface area (Å²) in [6.45, 7) is 5.06. The van der Waals surface area contributed by atoms with Crippen molar-refractivity contribution in [3.05, 3.63) is 72.1 Å². The first kappa shape index (κ1) is 20.5. The Morgan fingerprint density at radius 2 is 1.73 bits per heavy atom. The van der Waals surface area contributed by atoms with E-state index in [-0.39, 0.29) is 5.91 Å². The van der Waals surface area contributed by atoms with Gasteiger partial charge in [0.15, 0.2) is 0 Å². The molecule has 0 atom stereocenters. The summed E-state index contributed by atoms with van der Waals surface area (Å²) in [6.07, 6.45) is 3.91. The molecule has 0 bridgehead atoms. The van der Waals surface area contributed by atoms with Gasteiger partial charge in [0, 0.05) is 24.5 Å². The SMILES string of the molecule is CCOP(OCC)c1ccn(C)c1/C=C1\C(=O)Nc2cc(-c3ccccc3)ccc21. The third kappa shape index (κ3) is 3.97. The molecule has 30 heavy (non-hydrogen) atoms. The summed E-state index contributed by atoms with van der Waals surface area (Å²) in [7, 11) is 0.776. The molecule has 1 aliphatic rings. The summed E-state index contributed by atoms with van der Waals surface area (Å²) in [4.78, 5) is 12.8. The molecule has 4 rings (SSSR count). The molecule has 1 amide bonds. The highest BCUT2D eigenvalue weighted by Gasteiger charge is 2.26. The van der Waals surface area contributed by atoms with Crippen LogP contribution in [0.3, 0.4) is 0 Å². The zero-order valence-electron chi connectivity index (χ0n) is 17.4. The number of fused-ring (bicyclic) bond motifs is 1. The fourth-order valence-electron chi connectivity index (χ4n) is 3.55. The van der Waals surface area contributed by atoms with Crippen LogP contribution in [0.4, 0.5) is 5.69 Å². The Balaban J connectivity index is 1.73. The average molecular weight is 420 g/mol. The van der Waals surface area contributed by atoms with Crippen molar-refractivity contribution in [2.75, 3.05) is 18.5 Å². The van der Waals surface area contributed by atoms with E-state index in [9.17, 15) is 4.79 Å². The zero-order chi connectivity index (χ0) is 21.1. The number of nitrogens with zero attached hydrogens (tertiary/aromatic N) is 1. The normalized spacial score (nSPS) is 14.4. The van der Waals surface area contributed by atoms with Crippen LogP contribution in [0.15, 0.2) is 60.8 Å². The Labute approximate surface area is 178 Å². The number of nitrogens with one attached hydrogen (secondary N) is 1. The van der Waals surface area contributed by atoms with Gasteiger partial charge in [-0.05, 0) is 43.2 Å². The number of benzene rings is 2. The molecular formula is C24H25N2O3P. The molecule has 2 aromatic carbocycles. The molecule has 0 saturated carbocycles. The van der Waals surface area contributed by atoms with Gasteiger partial charge < -0.3 is 18.9 Å². The Bertz CT molecular complexity index is 1080. The van der Waals surface area contributed by atoms with Crippen molar-refractivity contribution < 1.29 is 13.8 Å². The Morgan fingerprint density at radius 1 is 1.00 bits per heavy atom. The van der Waals surface area contributed by atoms with Crippen molar-refractivity contribution in [3.63, 3.8) is 0 Å². The van der Waals surface area contributed by atoms with Crippen molar-refractivity contribution in [2.24, 2.45) is 7.05 Å². The third-order valence-corrected chi connectivity index (χ3v) is 6.74. The van der Waals surface area contributed by atoms with E-state index in [0.717, 1.165) is 33.4 Å². The number of hydrogen-bond acceptors (Lipinski definition) is 3. The lowest BCUT2D eigenvalue weighted by Gasteiger charge is -2.16. The van der Waals surface area contributed by atoms with E-state index in [4.69, 9.17) is 9.05 Å². The molecular weight excluding hydrogens is 395 g/mol. The minimum atomic E-state index is -1.19. The highest BCUT2D eigenvalue weighted by Crippen LogP contribution is 2.40. The standard InChI is InChI=1S/C24H25N2O3P/c1-4-28-30(29-5-2)23-13-14-26(3)22(23)16-20-19-12-11-18(15-21(19)25-24(20)27)17-9-7-6-8-10-17/h6-16H,4-5H2,1-3H3,(H,25,27)/b20-16-. The van der Waals surface area contributed by atoms with Crippen molar-refractivity contribution >= 4 is 36.9 Å². The topological polar surface area (TPSA) is 52.5 Å². The van der Waals surface area contributed by atoms with Gasteiger partial charge in [0.1, 0.15) is 0 Å². The van der Waals surface area contributed by atoms with Crippen LogP contribution in [0.5, 0.6) is 0 Å². The van der Waals surface area contributed by atoms with Crippen LogP contribution in [0.2, 0.25) is 0 Å². The molecule has 0 fully saturated rings. The minimum absolute atomic E-state index is 0.0977. The first-order chi connectivity index (χ1) is 14.6. The number of carbonyl (C=O) groups excluding carboxylic acids is 1. The van der Waals surface area contributed by atoms with E-state index >= 15 is 0 Å². The van der Waals surface area contributed by atoms with E-state index in [1.807, 2.05) is 74.1 Å². The Kier molecular flexibility index (Phi) is 6.14. The van der Waals surface area contributed by atoms with Gasteiger partial charge in [-0.2, -0.15) is 0 Å². The Hall–Kier alpha value is -2.72. The number of hydrogen-bond donors (Lipinski definition) is 1. The summed E-state index contributed by atoms with van der Waals surface area (Å²) >= 11 is 0. The molecule has 1 N–H and O–H groups in total. The van der Waals surface area contributed by atoms with Gasteiger partial charge in [0.05, 0.1) is 29.8 Å². The van der Waals surface area contributed by atoms with E-state index in [0.29, 0.717) is 18.8 Å². The summed E-state index contributed by atoms with van der Waals surface area (Å²) in [5, 5.41) is 3.99. The molecule has 3 aromatic rings. The fourth-order valence-corrected chi connectivity index (χ4v) is 4.97. The van der Waals surface area contributed by atoms with Crippen LogP contribution in [0, 0.1) is 0 Å². The quantitative estimate of drug-likeness (QED) is 0.423. The lowest BCUT2D eigenvalue weighted by Crippen LogP contribution is -2.11. The summed E-state index contributed by atoms with van der Waals surface area (Å²) in [6, 6.07) is 18.3. The molecule has 0 saturated heterocycles. The van der Waals surface area contributed by atoms with Gasteiger partial charge in [0.2, 0.25) is 8.38 Å². The van der Waals surface area contributed by atoms with Crippen LogP contribution in [0.25, 0.3) is 22.8 Å². The zero-order valence-corrected chi connectivity index (χ0v) is 18.3. The van der Waals surface area contributed by atoms with Crippen molar-refractivity contribution in [3.8, 4) is 11.1 Å². The van der Waals surface area contributed by atoms with Crippen LogP contribution >= 0.6 is 8.38 Å². The van der Waals surface area contributed by atoms with Crippen LogP contribution in [-0.4, -0.2) is 23.7 Å². The van der Waals surface area contributed by atoms with Crippen molar-refractivity contribution in [1.29, 1.82) is 0 Å². The molecule has 1 aromatic heterocycles. The third-order valence-electron chi connectivity index (χ3n) is 4.98. The van der Waals surface area contributed by atoms with Gasteiger partial charge in [0.25, 0.3) is 5.91 Å². The predicted molar refractivity (Wildman–Crippen MR) is 124 cm³/mol. The van der Waals surface area contributed by atoms with Crippen molar-refractivity contribution in [1.82, 2.24) is 4.57 Å². The smallest absolute Gasteiger partial charge is 0.256 e. The largest absolute Gasteiger partial charge is 0.350 e. The number of aryl methyl sites for hydroxylation is 1. The number of rotatable bonds is 7. The molecule has 5 nitrogen and oxygen atoms in total. The van der Waals surface area contributed by atoms with E-state index in [2.05, 4.69) is 23.5 Å². The molecule has 0 aliphatic carbocycles. The molecule has 0 unspecified atom stereocenters. The molecule has 0 spiro atoms. The van der Waals surface area contributed by atoms with Gasteiger partial charge in [-0.25, -0.2) is 0 Å². The highest BCUT2D eigenvalue weighted by molar-refractivity contribution is 7.56. The molecule has 6 heteroatoms. The summed E-state index contributed by atoms with van der Waals surface area (Å²) < 4.78 is 13.7. The van der Waals surface area contributed by atoms with E-state index in [1.54, 1.807) is 0 Å². The van der Waals surface area contributed by atoms with Crippen molar-refractivity contribution in [2.45, 2.75) is 13.8 Å². The molecule has 0 radical (unpaired) electrons. The summed E-state index contributed by atoms with van der Waals surface area (Å²) in [5.74, 6) is -0.0977. The molecule has 154 valence electrons. The number of anilines is 1. The van der Waals surface area contributed by atoms with Gasteiger partial charge in [-0.1, -0.05) is 42.5 Å². The van der Waals surface area contributed by atoms with Crippen LogP contribution < -0.4 is 10.6 Å². The monoisotopic (exact) mass is 420 g/mol. The number of amides is 1. The second kappa shape index (κ2) is 8.97. The Morgan fingerprint density at radius 3 is 2.43 bits per heavy atom. The fraction of sp³-hybridized carbons (Fsp3) is 0.208. The van der Waals surface area contributed by atoms with E-state index in [1.165, 1.54) is 0 Å². The maximum Gasteiger partial charge on any atom is 0.256 e. The second-order valence-electron chi connectivity index (χ2n) is 6.93. The van der Waals surface area contributed by atoms with Gasteiger partial charge in [-0.15, -0.1) is 0 Å². The highest BCUT2D eigenvalue weighted by atomic mass is 31.2. The lowest BCUT2D eigenvalue weighted by molar-refractivity contribution is -0.110. The molecule has 2 heterocycles. The maximum absolute atomic E-state index is 12.8. The van der Waals surface area contributed by atoms with E-state index < -0.39 is 8.38 Å². The van der Waals surface area contributed by atoms with Gasteiger partial charge in [-0.3, -0.25) is 4.79 Å². The molecule has 1 aliphatic heterocycles. The second-order valence-corrected chi connectivity index (χ2v) is 8.44. The average Bonchev–Trinajstić information content (AvgIpc) is 3.28. The lowest BCUT2D eigenvalue weighted by atomic mass is 10.00. The summed E-state index contributed by atoms with van der Waals surface area (Å²) in [5.41, 5.74) is 5.51. The minimum Gasteiger partial charge on any atom is -0.350 e. The van der Waals surface area contributed by atoms with Crippen LogP contribution in [0.1, 0.15) is 25.1 Å². The first-order valence-corrected chi connectivity index (χ1v) is 11.2. The first-order valence-electron chi connectivity index (χ1n) is 10.1. The predicted octanol–water partition coefficient (Wildman–Crippen LogP) is 5.20.